The first-order valence-electron chi connectivity index (χ1n) is 10.1. The molecular formula is C21H30N2O2. The standard InChI is InChI=1S/C21H30N2O2/c24-21-11-8-17-14-19(9-10-20(17)22-21)25-13-12-23(15-16-6-7-16)18-4-2-1-3-5-18/h9-10,14,16,18H,1-8,11-13,15H2,(H,22,24). The summed E-state index contributed by atoms with van der Waals surface area (Å²) in [6.45, 7) is 3.06. The predicted octanol–water partition coefficient (Wildman–Crippen LogP) is 3.99. The summed E-state index contributed by atoms with van der Waals surface area (Å²) in [5.74, 6) is 1.99. The zero-order chi connectivity index (χ0) is 17.1. The number of carbonyl (C=O) groups excluding carboxylic acids is 1. The Balaban J connectivity index is 1.31. The minimum Gasteiger partial charge on any atom is -0.492 e. The normalized spacial score (nSPS) is 21.1. The molecule has 1 aromatic carbocycles. The second kappa shape index (κ2) is 7.77. The van der Waals surface area contributed by atoms with Gasteiger partial charge >= 0.3 is 0 Å². The van der Waals surface area contributed by atoms with Crippen LogP contribution in [0.4, 0.5) is 5.69 Å². The van der Waals surface area contributed by atoms with Crippen LogP contribution in [-0.4, -0.2) is 36.5 Å². The van der Waals surface area contributed by atoms with Crippen molar-refractivity contribution >= 4 is 11.6 Å². The van der Waals surface area contributed by atoms with Gasteiger partial charge in [-0.3, -0.25) is 9.69 Å². The number of amides is 1. The first kappa shape index (κ1) is 16.9. The van der Waals surface area contributed by atoms with E-state index >= 15 is 0 Å². The molecule has 1 N–H and O–H groups in total. The van der Waals surface area contributed by atoms with Gasteiger partial charge in [-0.15, -0.1) is 0 Å². The van der Waals surface area contributed by atoms with Crippen molar-refractivity contribution in [3.05, 3.63) is 23.8 Å². The average Bonchev–Trinajstić information content (AvgIpc) is 3.46. The first-order chi connectivity index (χ1) is 12.3. The van der Waals surface area contributed by atoms with Crippen LogP contribution in [0.25, 0.3) is 0 Å². The van der Waals surface area contributed by atoms with E-state index in [-0.39, 0.29) is 5.91 Å². The minimum absolute atomic E-state index is 0.115. The van der Waals surface area contributed by atoms with Gasteiger partial charge in [0.1, 0.15) is 12.4 Å². The third kappa shape index (κ3) is 4.55. The maximum atomic E-state index is 11.5. The molecule has 0 unspecified atom stereocenters. The molecule has 0 bridgehead atoms. The van der Waals surface area contributed by atoms with Crippen LogP contribution in [0.3, 0.4) is 0 Å². The van der Waals surface area contributed by atoms with Crippen molar-refractivity contribution in [2.45, 2.75) is 63.8 Å². The van der Waals surface area contributed by atoms with E-state index in [1.165, 1.54) is 57.1 Å². The van der Waals surface area contributed by atoms with E-state index in [2.05, 4.69) is 16.3 Å². The molecule has 1 aliphatic heterocycles. The summed E-state index contributed by atoms with van der Waals surface area (Å²) in [4.78, 5) is 14.2. The number of hydrogen-bond acceptors (Lipinski definition) is 3. The van der Waals surface area contributed by atoms with Crippen molar-refractivity contribution in [1.82, 2.24) is 4.90 Å². The summed E-state index contributed by atoms with van der Waals surface area (Å²) in [5.41, 5.74) is 2.14. The molecule has 0 atom stereocenters. The summed E-state index contributed by atoms with van der Waals surface area (Å²) in [7, 11) is 0. The van der Waals surface area contributed by atoms with E-state index in [1.54, 1.807) is 0 Å². The molecule has 1 amide bonds. The van der Waals surface area contributed by atoms with E-state index in [9.17, 15) is 4.79 Å². The molecule has 25 heavy (non-hydrogen) atoms. The Morgan fingerprint density at radius 1 is 1.08 bits per heavy atom. The number of benzene rings is 1. The molecule has 1 heterocycles. The van der Waals surface area contributed by atoms with Crippen molar-refractivity contribution < 1.29 is 9.53 Å². The van der Waals surface area contributed by atoms with Gasteiger partial charge in [0.2, 0.25) is 5.91 Å². The molecule has 4 rings (SSSR count). The highest BCUT2D eigenvalue weighted by Crippen LogP contribution is 2.32. The van der Waals surface area contributed by atoms with Gasteiger partial charge in [-0.2, -0.15) is 0 Å². The SMILES string of the molecule is O=C1CCc2cc(OCCN(CC3CC3)C3CCCCC3)ccc2N1. The second-order valence-corrected chi connectivity index (χ2v) is 7.95. The Bertz CT molecular complexity index is 606. The van der Waals surface area contributed by atoms with Gasteiger partial charge in [-0.05, 0) is 61.8 Å². The monoisotopic (exact) mass is 342 g/mol. The van der Waals surface area contributed by atoms with Crippen molar-refractivity contribution in [2.75, 3.05) is 25.0 Å². The Labute approximate surface area is 150 Å². The lowest BCUT2D eigenvalue weighted by Crippen LogP contribution is -2.40. The molecule has 0 spiro atoms. The summed E-state index contributed by atoms with van der Waals surface area (Å²) in [6, 6.07) is 6.83. The highest BCUT2D eigenvalue weighted by Gasteiger charge is 2.28. The maximum Gasteiger partial charge on any atom is 0.224 e. The number of aryl methyl sites for hydroxylation is 1. The number of nitrogens with zero attached hydrogens (tertiary/aromatic N) is 1. The Morgan fingerprint density at radius 2 is 1.92 bits per heavy atom. The van der Waals surface area contributed by atoms with Crippen LogP contribution in [0.15, 0.2) is 18.2 Å². The predicted molar refractivity (Wildman–Crippen MR) is 100 cm³/mol. The van der Waals surface area contributed by atoms with Crippen LogP contribution in [0.1, 0.15) is 56.9 Å². The van der Waals surface area contributed by atoms with Crippen molar-refractivity contribution in [1.29, 1.82) is 0 Å². The molecule has 136 valence electrons. The molecule has 0 aromatic heterocycles. The summed E-state index contributed by atoms with van der Waals surface area (Å²) in [6.07, 6.45) is 11.2. The largest absolute Gasteiger partial charge is 0.492 e. The molecule has 4 nitrogen and oxygen atoms in total. The van der Waals surface area contributed by atoms with Crippen molar-refractivity contribution in [3.8, 4) is 5.75 Å². The minimum atomic E-state index is 0.115. The molecule has 4 heteroatoms. The van der Waals surface area contributed by atoms with Crippen LogP contribution in [0.5, 0.6) is 5.75 Å². The van der Waals surface area contributed by atoms with E-state index in [4.69, 9.17) is 4.74 Å². The number of ether oxygens (including phenoxy) is 1. The smallest absolute Gasteiger partial charge is 0.224 e. The van der Waals surface area contributed by atoms with Crippen LogP contribution in [0, 0.1) is 5.92 Å². The summed E-state index contributed by atoms with van der Waals surface area (Å²) < 4.78 is 6.07. The quantitative estimate of drug-likeness (QED) is 0.814. The maximum absolute atomic E-state index is 11.5. The number of hydrogen-bond donors (Lipinski definition) is 1. The zero-order valence-corrected chi connectivity index (χ0v) is 15.1. The van der Waals surface area contributed by atoms with Crippen LogP contribution in [-0.2, 0) is 11.2 Å². The lowest BCUT2D eigenvalue weighted by molar-refractivity contribution is -0.116. The summed E-state index contributed by atoms with van der Waals surface area (Å²) in [5, 5.41) is 2.93. The molecule has 3 aliphatic rings. The van der Waals surface area contributed by atoms with Gasteiger partial charge in [0.15, 0.2) is 0 Å². The zero-order valence-electron chi connectivity index (χ0n) is 15.1. The fraction of sp³-hybridized carbons (Fsp3) is 0.667. The van der Waals surface area contributed by atoms with E-state index in [1.807, 2.05) is 12.1 Å². The van der Waals surface area contributed by atoms with Crippen molar-refractivity contribution in [3.63, 3.8) is 0 Å². The van der Waals surface area contributed by atoms with Gasteiger partial charge in [-0.1, -0.05) is 19.3 Å². The number of fused-ring (bicyclic) bond motifs is 1. The van der Waals surface area contributed by atoms with Gasteiger partial charge < -0.3 is 10.1 Å². The van der Waals surface area contributed by atoms with E-state index in [0.29, 0.717) is 6.42 Å². The molecule has 2 saturated carbocycles. The van der Waals surface area contributed by atoms with Crippen molar-refractivity contribution in [2.24, 2.45) is 5.92 Å². The third-order valence-corrected chi connectivity index (χ3v) is 5.90. The molecule has 2 aliphatic carbocycles. The topological polar surface area (TPSA) is 41.6 Å². The molecule has 1 aromatic rings. The van der Waals surface area contributed by atoms with Gasteiger partial charge in [0, 0.05) is 31.2 Å². The molecule has 0 saturated heterocycles. The van der Waals surface area contributed by atoms with Crippen LogP contribution < -0.4 is 10.1 Å². The first-order valence-corrected chi connectivity index (χ1v) is 10.1. The van der Waals surface area contributed by atoms with E-state index in [0.717, 1.165) is 43.0 Å². The Hall–Kier alpha value is -1.55. The Kier molecular flexibility index (Phi) is 5.25. The number of carbonyl (C=O) groups is 1. The Morgan fingerprint density at radius 3 is 2.72 bits per heavy atom. The van der Waals surface area contributed by atoms with Crippen LogP contribution in [0.2, 0.25) is 0 Å². The fourth-order valence-electron chi connectivity index (χ4n) is 4.23. The molecular weight excluding hydrogens is 312 g/mol. The van der Waals surface area contributed by atoms with Gasteiger partial charge in [0.05, 0.1) is 0 Å². The molecule has 0 radical (unpaired) electrons. The highest BCUT2D eigenvalue weighted by molar-refractivity contribution is 5.93. The molecule has 2 fully saturated rings. The lowest BCUT2D eigenvalue weighted by Gasteiger charge is -2.34. The van der Waals surface area contributed by atoms with Gasteiger partial charge in [0.25, 0.3) is 0 Å². The number of rotatable bonds is 7. The van der Waals surface area contributed by atoms with Gasteiger partial charge in [-0.25, -0.2) is 0 Å². The van der Waals surface area contributed by atoms with E-state index < -0.39 is 0 Å². The highest BCUT2D eigenvalue weighted by atomic mass is 16.5. The number of nitrogens with one attached hydrogen (secondary N) is 1. The van der Waals surface area contributed by atoms with Crippen LogP contribution >= 0.6 is 0 Å². The number of anilines is 1. The lowest BCUT2D eigenvalue weighted by atomic mass is 9.94. The third-order valence-electron chi connectivity index (χ3n) is 5.90. The summed E-state index contributed by atoms with van der Waals surface area (Å²) >= 11 is 0. The fourth-order valence-corrected chi connectivity index (χ4v) is 4.23. The average molecular weight is 342 g/mol. The second-order valence-electron chi connectivity index (χ2n) is 7.95.